The fraction of sp³-hybridized carbons (Fsp3) is 0.769. The lowest BCUT2D eigenvalue weighted by Crippen LogP contribution is -2.33. The lowest BCUT2D eigenvalue weighted by Gasteiger charge is -2.19. The number of nitrogens with one attached hydrogen (secondary N) is 1. The molecule has 19 heavy (non-hydrogen) atoms. The summed E-state index contributed by atoms with van der Waals surface area (Å²) in [5.41, 5.74) is 0. The van der Waals surface area contributed by atoms with Crippen molar-refractivity contribution in [3.05, 3.63) is 5.82 Å². The second-order valence-electron chi connectivity index (χ2n) is 5.36. The first-order valence-corrected chi connectivity index (χ1v) is 8.14. The van der Waals surface area contributed by atoms with Crippen LogP contribution in [0.5, 0.6) is 0 Å². The third-order valence-electron chi connectivity index (χ3n) is 3.73. The molecule has 3 rings (SSSR count). The number of H-pyrrole nitrogens is 1. The highest BCUT2D eigenvalue weighted by atomic mass is 32.2. The second-order valence-corrected chi connectivity index (χ2v) is 6.30. The van der Waals surface area contributed by atoms with Gasteiger partial charge in [0, 0.05) is 19.0 Å². The van der Waals surface area contributed by atoms with E-state index in [1.165, 1.54) is 37.4 Å². The van der Waals surface area contributed by atoms with Crippen LogP contribution < -0.4 is 0 Å². The predicted molar refractivity (Wildman–Crippen MR) is 74.1 cm³/mol. The van der Waals surface area contributed by atoms with E-state index in [4.69, 9.17) is 0 Å². The summed E-state index contributed by atoms with van der Waals surface area (Å²) in [6.45, 7) is 1.83. The fourth-order valence-corrected chi connectivity index (χ4v) is 3.11. The quantitative estimate of drug-likeness (QED) is 0.859. The van der Waals surface area contributed by atoms with Crippen LogP contribution in [-0.4, -0.2) is 44.8 Å². The molecule has 0 radical (unpaired) electrons. The third-order valence-corrected chi connectivity index (χ3v) is 4.56. The van der Waals surface area contributed by atoms with Crippen molar-refractivity contribution in [3.8, 4) is 0 Å². The predicted octanol–water partition coefficient (Wildman–Crippen LogP) is 2.18. The van der Waals surface area contributed by atoms with E-state index in [2.05, 4.69) is 15.2 Å². The van der Waals surface area contributed by atoms with Gasteiger partial charge in [0.15, 0.2) is 0 Å². The van der Waals surface area contributed by atoms with Gasteiger partial charge in [-0.1, -0.05) is 24.6 Å². The van der Waals surface area contributed by atoms with Gasteiger partial charge in [-0.3, -0.25) is 9.89 Å². The summed E-state index contributed by atoms with van der Waals surface area (Å²) in [6, 6.07) is 0. The van der Waals surface area contributed by atoms with Gasteiger partial charge in [-0.2, -0.15) is 0 Å². The van der Waals surface area contributed by atoms with Crippen LogP contribution in [0.3, 0.4) is 0 Å². The molecule has 1 aromatic rings. The summed E-state index contributed by atoms with van der Waals surface area (Å²) in [7, 11) is 0. The minimum absolute atomic E-state index is 0.227. The largest absolute Gasteiger partial charge is 0.342 e. The zero-order valence-corrected chi connectivity index (χ0v) is 11.9. The van der Waals surface area contributed by atoms with E-state index >= 15 is 0 Å². The molecule has 0 spiro atoms. The Morgan fingerprint density at radius 3 is 2.68 bits per heavy atom. The number of carbonyl (C=O) groups excluding carboxylic acids is 1. The summed E-state index contributed by atoms with van der Waals surface area (Å²) in [6.07, 6.45) is 7.22. The van der Waals surface area contributed by atoms with Gasteiger partial charge in [0.1, 0.15) is 5.82 Å². The second kappa shape index (κ2) is 5.94. The standard InChI is InChI=1S/C13H20N4OS/c18-11(17-7-3-1-2-4-8-17)9-19-13-14-12(15-16-13)10-5-6-10/h10H,1-9H2,(H,14,15,16). The maximum absolute atomic E-state index is 12.1. The molecule has 5 nitrogen and oxygen atoms in total. The highest BCUT2D eigenvalue weighted by molar-refractivity contribution is 7.99. The van der Waals surface area contributed by atoms with Crippen molar-refractivity contribution in [2.75, 3.05) is 18.8 Å². The Morgan fingerprint density at radius 1 is 1.26 bits per heavy atom. The van der Waals surface area contributed by atoms with E-state index in [0.717, 1.165) is 31.8 Å². The Hall–Kier alpha value is -1.04. The van der Waals surface area contributed by atoms with Crippen LogP contribution in [0, 0.1) is 0 Å². The summed E-state index contributed by atoms with van der Waals surface area (Å²) < 4.78 is 0. The molecule has 2 aliphatic rings. The topological polar surface area (TPSA) is 61.9 Å². The number of hydrogen-bond donors (Lipinski definition) is 1. The number of nitrogens with zero attached hydrogens (tertiary/aromatic N) is 3. The molecular weight excluding hydrogens is 260 g/mol. The zero-order valence-electron chi connectivity index (χ0n) is 11.1. The van der Waals surface area contributed by atoms with Crippen molar-refractivity contribution >= 4 is 17.7 Å². The lowest BCUT2D eigenvalue weighted by molar-refractivity contribution is -0.128. The fourth-order valence-electron chi connectivity index (χ4n) is 2.40. The minimum Gasteiger partial charge on any atom is -0.342 e. The number of aromatic nitrogens is 3. The van der Waals surface area contributed by atoms with Crippen molar-refractivity contribution in [2.45, 2.75) is 49.6 Å². The van der Waals surface area contributed by atoms with Gasteiger partial charge in [-0.05, 0) is 25.7 Å². The first-order chi connectivity index (χ1) is 9.33. The van der Waals surface area contributed by atoms with Gasteiger partial charge >= 0.3 is 0 Å². The molecule has 1 aromatic heterocycles. The van der Waals surface area contributed by atoms with Crippen LogP contribution >= 0.6 is 11.8 Å². The normalized spacial score (nSPS) is 20.3. The average molecular weight is 280 g/mol. The van der Waals surface area contributed by atoms with E-state index in [0.29, 0.717) is 16.8 Å². The van der Waals surface area contributed by atoms with Crippen LogP contribution in [0.4, 0.5) is 0 Å². The highest BCUT2D eigenvalue weighted by Crippen LogP contribution is 2.38. The number of amides is 1. The van der Waals surface area contributed by atoms with Crippen LogP contribution in [0.1, 0.15) is 50.3 Å². The minimum atomic E-state index is 0.227. The Kier molecular flexibility index (Phi) is 4.06. The van der Waals surface area contributed by atoms with Crippen molar-refractivity contribution in [1.82, 2.24) is 20.1 Å². The van der Waals surface area contributed by atoms with E-state index in [-0.39, 0.29) is 5.91 Å². The number of thioether (sulfide) groups is 1. The average Bonchev–Trinajstić information content (AvgIpc) is 3.21. The molecule has 1 aliphatic carbocycles. The molecule has 0 aromatic carbocycles. The molecular formula is C13H20N4OS. The molecule has 0 atom stereocenters. The van der Waals surface area contributed by atoms with E-state index in [1.54, 1.807) is 0 Å². The Labute approximate surface area is 117 Å². The molecule has 1 saturated heterocycles. The summed E-state index contributed by atoms with van der Waals surface area (Å²) in [5, 5.41) is 7.86. The van der Waals surface area contributed by atoms with Crippen LogP contribution in [0.25, 0.3) is 0 Å². The molecule has 1 aliphatic heterocycles. The van der Waals surface area contributed by atoms with Gasteiger partial charge in [-0.15, -0.1) is 5.10 Å². The SMILES string of the molecule is O=C(CSc1n[nH]c(C2CC2)n1)N1CCCCCC1. The smallest absolute Gasteiger partial charge is 0.233 e. The molecule has 1 amide bonds. The van der Waals surface area contributed by atoms with Crippen molar-refractivity contribution in [2.24, 2.45) is 0 Å². The van der Waals surface area contributed by atoms with Gasteiger partial charge < -0.3 is 4.90 Å². The summed E-state index contributed by atoms with van der Waals surface area (Å²) >= 11 is 1.45. The van der Waals surface area contributed by atoms with Crippen molar-refractivity contribution in [1.29, 1.82) is 0 Å². The molecule has 1 saturated carbocycles. The Morgan fingerprint density at radius 2 is 2.00 bits per heavy atom. The summed E-state index contributed by atoms with van der Waals surface area (Å²) in [4.78, 5) is 18.5. The van der Waals surface area contributed by atoms with Crippen LogP contribution in [0.2, 0.25) is 0 Å². The Balaban J connectivity index is 1.48. The molecule has 1 N–H and O–H groups in total. The zero-order chi connectivity index (χ0) is 13.1. The third kappa shape index (κ3) is 3.49. The Bertz CT molecular complexity index is 436. The monoisotopic (exact) mass is 280 g/mol. The highest BCUT2D eigenvalue weighted by Gasteiger charge is 2.27. The first kappa shape index (κ1) is 13.0. The number of rotatable bonds is 4. The lowest BCUT2D eigenvalue weighted by atomic mass is 10.2. The van der Waals surface area contributed by atoms with Crippen molar-refractivity contribution in [3.63, 3.8) is 0 Å². The molecule has 6 heteroatoms. The molecule has 2 fully saturated rings. The van der Waals surface area contributed by atoms with Gasteiger partial charge in [0.25, 0.3) is 0 Å². The molecule has 0 unspecified atom stereocenters. The summed E-state index contributed by atoms with van der Waals surface area (Å²) in [5.74, 6) is 2.26. The first-order valence-electron chi connectivity index (χ1n) is 7.16. The van der Waals surface area contributed by atoms with Crippen LogP contribution in [-0.2, 0) is 4.79 Å². The number of aromatic amines is 1. The maximum atomic E-state index is 12.1. The maximum Gasteiger partial charge on any atom is 0.233 e. The van der Waals surface area contributed by atoms with Gasteiger partial charge in [-0.25, -0.2) is 4.98 Å². The van der Waals surface area contributed by atoms with E-state index in [9.17, 15) is 4.79 Å². The number of likely N-dealkylation sites (tertiary alicyclic amines) is 1. The molecule has 0 bridgehead atoms. The van der Waals surface area contributed by atoms with E-state index in [1.807, 2.05) is 4.90 Å². The number of carbonyl (C=O) groups is 1. The molecule has 104 valence electrons. The van der Waals surface area contributed by atoms with Gasteiger partial charge in [0.05, 0.1) is 5.75 Å². The van der Waals surface area contributed by atoms with E-state index < -0.39 is 0 Å². The van der Waals surface area contributed by atoms with Gasteiger partial charge in [0.2, 0.25) is 11.1 Å². The van der Waals surface area contributed by atoms with Crippen LogP contribution in [0.15, 0.2) is 5.16 Å². The van der Waals surface area contributed by atoms with Crippen molar-refractivity contribution < 1.29 is 4.79 Å². The molecule has 2 heterocycles. The number of hydrogen-bond acceptors (Lipinski definition) is 4.